The first-order chi connectivity index (χ1) is 6.36. The zero-order valence-electron chi connectivity index (χ0n) is 6.69. The summed E-state index contributed by atoms with van der Waals surface area (Å²) in [7, 11) is 9.63. The maximum absolute atomic E-state index is 4.81. The summed E-state index contributed by atoms with van der Waals surface area (Å²) in [6.07, 6.45) is 15.7. The Morgan fingerprint density at radius 2 is 1.85 bits per heavy atom. The zero-order chi connectivity index (χ0) is 9.26. The molecule has 4 aliphatic rings. The molecule has 4 rings (SSSR count). The van der Waals surface area contributed by atoms with E-state index in [-0.39, 0.29) is 15.9 Å². The van der Waals surface area contributed by atoms with Gasteiger partial charge in [0.1, 0.15) is 0 Å². The first-order valence-corrected chi connectivity index (χ1v) is 8.06. The molecule has 0 aromatic heterocycles. The monoisotopic (exact) mass is 304 g/mol. The Labute approximate surface area is 94.8 Å². The van der Waals surface area contributed by atoms with E-state index in [1.54, 1.807) is 0 Å². The molecule has 13 heavy (non-hydrogen) atoms. The molecule has 0 radical (unpaired) electrons. The first-order valence-electron chi connectivity index (χ1n) is 4.06. The molecular weight excluding hydrogens is 297 g/mol. The SMILES string of the molecule is [C-]1=CC2C=CC1C1[C-]=CC21.[Cl][Pd][Cl]. The van der Waals surface area contributed by atoms with Crippen LogP contribution in [0.25, 0.3) is 0 Å². The summed E-state index contributed by atoms with van der Waals surface area (Å²) in [6.45, 7) is 0. The summed E-state index contributed by atoms with van der Waals surface area (Å²) in [5, 5.41) is 0. The number of allylic oxidation sites excluding steroid dienone is 6. The molecule has 0 saturated heterocycles. The van der Waals surface area contributed by atoms with Crippen LogP contribution in [0.4, 0.5) is 0 Å². The van der Waals surface area contributed by atoms with Crippen molar-refractivity contribution in [3.05, 3.63) is 36.5 Å². The van der Waals surface area contributed by atoms with Crippen molar-refractivity contribution in [2.45, 2.75) is 0 Å². The molecular formula is C10H8Cl2Pd-2. The third-order valence-corrected chi connectivity index (χ3v) is 2.75. The predicted molar refractivity (Wildman–Crippen MR) is 50.4 cm³/mol. The van der Waals surface area contributed by atoms with Gasteiger partial charge in [0, 0.05) is 0 Å². The van der Waals surface area contributed by atoms with Gasteiger partial charge in [0.15, 0.2) is 0 Å². The van der Waals surface area contributed by atoms with Crippen molar-refractivity contribution in [1.82, 2.24) is 0 Å². The Balaban J connectivity index is 0.000000196. The molecule has 0 heterocycles. The van der Waals surface area contributed by atoms with E-state index in [4.69, 9.17) is 19.1 Å². The average molecular weight is 306 g/mol. The Kier molecular flexibility index (Phi) is 3.32. The second kappa shape index (κ2) is 4.32. The number of hydrogen-bond donors (Lipinski definition) is 0. The van der Waals surface area contributed by atoms with E-state index in [1.807, 2.05) is 0 Å². The van der Waals surface area contributed by atoms with Gasteiger partial charge in [-0.2, -0.15) is 11.8 Å². The van der Waals surface area contributed by atoms with E-state index in [0.717, 1.165) is 5.92 Å². The van der Waals surface area contributed by atoms with Crippen molar-refractivity contribution < 1.29 is 15.9 Å². The van der Waals surface area contributed by atoms with Crippen molar-refractivity contribution in [1.29, 1.82) is 0 Å². The van der Waals surface area contributed by atoms with Gasteiger partial charge in [0.2, 0.25) is 0 Å². The summed E-state index contributed by atoms with van der Waals surface area (Å²) in [4.78, 5) is 0. The molecule has 4 aliphatic carbocycles. The molecule has 0 amide bonds. The van der Waals surface area contributed by atoms with Gasteiger partial charge < -0.3 is 12.2 Å². The van der Waals surface area contributed by atoms with E-state index in [9.17, 15) is 0 Å². The van der Waals surface area contributed by atoms with E-state index >= 15 is 0 Å². The molecule has 0 fully saturated rings. The molecule has 0 N–H and O–H groups in total. The quantitative estimate of drug-likeness (QED) is 0.366. The Morgan fingerprint density at radius 1 is 1.08 bits per heavy atom. The summed E-state index contributed by atoms with van der Waals surface area (Å²) in [6, 6.07) is 0. The maximum atomic E-state index is 4.81. The van der Waals surface area contributed by atoms with E-state index in [2.05, 4.69) is 36.5 Å². The van der Waals surface area contributed by atoms with Crippen LogP contribution < -0.4 is 0 Å². The molecule has 2 bridgehead atoms. The van der Waals surface area contributed by atoms with Gasteiger partial charge in [0.05, 0.1) is 0 Å². The van der Waals surface area contributed by atoms with Gasteiger partial charge in [-0.1, -0.05) is 12.0 Å². The van der Waals surface area contributed by atoms with E-state index in [0.29, 0.717) is 17.8 Å². The van der Waals surface area contributed by atoms with Gasteiger partial charge in [0.25, 0.3) is 0 Å². The molecule has 0 aliphatic heterocycles. The van der Waals surface area contributed by atoms with Crippen molar-refractivity contribution >= 4 is 19.1 Å². The summed E-state index contributed by atoms with van der Waals surface area (Å²) in [5.74, 6) is 2.66. The molecule has 4 unspecified atom stereocenters. The van der Waals surface area contributed by atoms with Crippen molar-refractivity contribution in [2.24, 2.45) is 23.7 Å². The van der Waals surface area contributed by atoms with Crippen molar-refractivity contribution in [3.8, 4) is 0 Å². The molecule has 0 aromatic rings. The Morgan fingerprint density at radius 3 is 2.08 bits per heavy atom. The standard InChI is InChI=1S/C10H8.2ClH.Pd/c1-2-8-4-3-7(1)9-5-6-10(8)9;;;/h1-3,5,7-10H;2*1H;/q-2;;;+2/p-2. The second-order valence-electron chi connectivity index (χ2n) is 3.30. The number of halogens is 2. The van der Waals surface area contributed by atoms with Gasteiger partial charge in [-0.25, -0.2) is 0 Å². The fraction of sp³-hybridized carbons (Fsp3) is 0.400. The zero-order valence-corrected chi connectivity index (χ0v) is 9.76. The van der Waals surface area contributed by atoms with Crippen LogP contribution in [0.15, 0.2) is 24.3 Å². The predicted octanol–water partition coefficient (Wildman–Crippen LogP) is 3.14. The minimum absolute atomic E-state index is 0.106. The van der Waals surface area contributed by atoms with Crippen molar-refractivity contribution in [3.63, 3.8) is 0 Å². The molecule has 0 saturated carbocycles. The van der Waals surface area contributed by atoms with Crippen molar-refractivity contribution in [2.75, 3.05) is 0 Å². The minimum atomic E-state index is -0.106. The van der Waals surface area contributed by atoms with Crippen LogP contribution in [0, 0.1) is 35.8 Å². The summed E-state index contributed by atoms with van der Waals surface area (Å²) < 4.78 is 0. The number of hydrogen-bond acceptors (Lipinski definition) is 0. The van der Waals surface area contributed by atoms with Crippen LogP contribution in [0.1, 0.15) is 0 Å². The third kappa shape index (κ3) is 1.81. The normalized spacial score (nSPS) is 42.3. The Hall–Kier alpha value is 0.462. The molecule has 4 atom stereocenters. The molecule has 0 spiro atoms. The molecule has 74 valence electrons. The fourth-order valence-electron chi connectivity index (χ4n) is 2.06. The first kappa shape index (κ1) is 10.00. The average Bonchev–Trinajstić information content (AvgIpc) is 2.06. The van der Waals surface area contributed by atoms with Gasteiger partial charge in [-0.15, -0.1) is 6.08 Å². The van der Waals surface area contributed by atoms with Gasteiger partial charge in [-0.3, -0.25) is 12.2 Å². The Bertz CT molecular complexity index is 232. The van der Waals surface area contributed by atoms with Gasteiger partial charge >= 0.3 is 35.0 Å². The van der Waals surface area contributed by atoms with Crippen LogP contribution >= 0.6 is 19.1 Å². The van der Waals surface area contributed by atoms with Crippen LogP contribution in [0.3, 0.4) is 0 Å². The summed E-state index contributed by atoms with van der Waals surface area (Å²) >= 11 is -0.106. The van der Waals surface area contributed by atoms with Gasteiger partial charge in [-0.05, 0) is 5.92 Å². The third-order valence-electron chi connectivity index (χ3n) is 2.75. The van der Waals surface area contributed by atoms with E-state index in [1.165, 1.54) is 0 Å². The molecule has 0 aromatic carbocycles. The molecule has 0 nitrogen and oxygen atoms in total. The van der Waals surface area contributed by atoms with E-state index < -0.39 is 0 Å². The summed E-state index contributed by atoms with van der Waals surface area (Å²) in [5.41, 5.74) is 0. The number of rotatable bonds is 0. The van der Waals surface area contributed by atoms with Crippen LogP contribution in [0.5, 0.6) is 0 Å². The van der Waals surface area contributed by atoms with Crippen LogP contribution in [0.2, 0.25) is 0 Å². The second-order valence-corrected chi connectivity index (χ2v) is 5.66. The van der Waals surface area contributed by atoms with Crippen LogP contribution in [-0.4, -0.2) is 0 Å². The van der Waals surface area contributed by atoms with Crippen LogP contribution in [-0.2, 0) is 15.9 Å². The topological polar surface area (TPSA) is 0 Å². The molecule has 3 heteroatoms. The fourth-order valence-corrected chi connectivity index (χ4v) is 2.06.